The topological polar surface area (TPSA) is 74.8 Å². The van der Waals surface area contributed by atoms with Crippen LogP contribution in [0, 0.1) is 0 Å². The zero-order valence-electron chi connectivity index (χ0n) is 19.5. The molecule has 7 heteroatoms. The minimum Gasteiger partial charge on any atom is -0.381 e. The van der Waals surface area contributed by atoms with Gasteiger partial charge in [-0.25, -0.2) is 4.98 Å². The number of imidazole rings is 1. The highest BCUT2D eigenvalue weighted by Gasteiger charge is 2.14. The molecule has 0 atom stereocenters. The molecule has 33 heavy (non-hydrogen) atoms. The Morgan fingerprint density at radius 3 is 2.73 bits per heavy atom. The molecule has 0 saturated carbocycles. The van der Waals surface area contributed by atoms with Crippen molar-refractivity contribution in [2.75, 3.05) is 27.3 Å². The molecule has 4 rings (SSSR count). The van der Waals surface area contributed by atoms with Crippen LogP contribution >= 0.6 is 0 Å². The van der Waals surface area contributed by atoms with Gasteiger partial charge < -0.3 is 24.7 Å². The van der Waals surface area contributed by atoms with E-state index in [4.69, 9.17) is 9.47 Å². The van der Waals surface area contributed by atoms with Crippen molar-refractivity contribution < 1.29 is 9.47 Å². The summed E-state index contributed by atoms with van der Waals surface area (Å²) in [6.07, 6.45) is 4.14. The first-order chi connectivity index (χ1) is 16.2. The molecule has 0 radical (unpaired) electrons. The minimum absolute atomic E-state index is 0.303. The number of hydrogen-bond donors (Lipinski definition) is 2. The first-order valence-electron chi connectivity index (χ1n) is 11.5. The van der Waals surface area contributed by atoms with Crippen molar-refractivity contribution >= 4 is 5.96 Å². The Morgan fingerprint density at radius 1 is 1.15 bits per heavy atom. The van der Waals surface area contributed by atoms with Gasteiger partial charge in [0, 0.05) is 33.9 Å². The molecule has 1 saturated heterocycles. The number of benzene rings is 2. The summed E-state index contributed by atoms with van der Waals surface area (Å²) in [5, 5.41) is 3.45. The third-order valence-electron chi connectivity index (χ3n) is 5.77. The van der Waals surface area contributed by atoms with Crippen molar-refractivity contribution in [1.82, 2.24) is 20.2 Å². The lowest BCUT2D eigenvalue weighted by atomic mass is 10.1. The number of nitrogens with one attached hydrogen (secondary N) is 2. The van der Waals surface area contributed by atoms with E-state index >= 15 is 0 Å². The normalized spacial score (nSPS) is 14.9. The van der Waals surface area contributed by atoms with Gasteiger partial charge in [0.15, 0.2) is 5.96 Å². The highest BCUT2D eigenvalue weighted by molar-refractivity contribution is 5.79. The summed E-state index contributed by atoms with van der Waals surface area (Å²) < 4.78 is 11.5. The molecule has 174 valence electrons. The van der Waals surface area contributed by atoms with E-state index in [0.717, 1.165) is 49.1 Å². The van der Waals surface area contributed by atoms with Gasteiger partial charge in [-0.1, -0.05) is 54.6 Å². The first kappa shape index (κ1) is 23.0. The molecule has 1 aliphatic heterocycles. The van der Waals surface area contributed by atoms with E-state index in [0.29, 0.717) is 25.8 Å². The van der Waals surface area contributed by atoms with Crippen molar-refractivity contribution in [2.45, 2.75) is 38.6 Å². The Balaban J connectivity index is 1.28. The number of rotatable bonds is 8. The summed E-state index contributed by atoms with van der Waals surface area (Å²) in [7, 11) is 3.81. The molecule has 0 aliphatic carbocycles. The average molecular weight is 448 g/mol. The molecule has 1 aromatic heterocycles. The Morgan fingerprint density at radius 2 is 1.94 bits per heavy atom. The molecule has 2 heterocycles. The molecule has 1 aliphatic rings. The van der Waals surface area contributed by atoms with Gasteiger partial charge in [-0.05, 0) is 29.5 Å². The quantitative estimate of drug-likeness (QED) is 0.404. The number of ether oxygens (including phenoxy) is 2. The van der Waals surface area contributed by atoms with Crippen LogP contribution in [-0.2, 0) is 29.2 Å². The molecule has 0 spiro atoms. The maximum absolute atomic E-state index is 6.07. The number of guanidine groups is 1. The van der Waals surface area contributed by atoms with E-state index < -0.39 is 0 Å². The van der Waals surface area contributed by atoms with Gasteiger partial charge in [0.05, 0.1) is 31.1 Å². The maximum Gasteiger partial charge on any atom is 0.194 e. The first-order valence-corrected chi connectivity index (χ1v) is 11.5. The number of nitrogens with zero attached hydrogens (tertiary/aromatic N) is 3. The minimum atomic E-state index is 0.303. The van der Waals surface area contributed by atoms with E-state index in [1.54, 1.807) is 7.05 Å². The molecule has 0 unspecified atom stereocenters. The van der Waals surface area contributed by atoms with E-state index in [1.165, 1.54) is 11.1 Å². The van der Waals surface area contributed by atoms with E-state index in [9.17, 15) is 0 Å². The van der Waals surface area contributed by atoms with Gasteiger partial charge in [-0.2, -0.15) is 0 Å². The molecule has 1 fully saturated rings. The lowest BCUT2D eigenvalue weighted by Gasteiger charge is -2.23. The fourth-order valence-electron chi connectivity index (χ4n) is 3.96. The zero-order chi connectivity index (χ0) is 22.9. The smallest absolute Gasteiger partial charge is 0.194 e. The third-order valence-corrected chi connectivity index (χ3v) is 5.77. The van der Waals surface area contributed by atoms with Crippen LogP contribution in [0.5, 0.6) is 0 Å². The number of aromatic nitrogens is 2. The Kier molecular flexibility index (Phi) is 8.11. The summed E-state index contributed by atoms with van der Waals surface area (Å²) in [6, 6.07) is 18.7. The molecule has 2 aromatic carbocycles. The van der Waals surface area contributed by atoms with Crippen molar-refractivity contribution in [3.8, 4) is 11.3 Å². The van der Waals surface area contributed by atoms with Gasteiger partial charge in [-0.15, -0.1) is 0 Å². The summed E-state index contributed by atoms with van der Waals surface area (Å²) in [5.74, 6) is 1.71. The average Bonchev–Trinajstić information content (AvgIpc) is 3.33. The van der Waals surface area contributed by atoms with Crippen molar-refractivity contribution in [3.63, 3.8) is 0 Å². The molecule has 7 nitrogen and oxygen atoms in total. The fourth-order valence-corrected chi connectivity index (χ4v) is 3.96. The summed E-state index contributed by atoms with van der Waals surface area (Å²) in [5.41, 5.74) is 4.53. The predicted octanol–water partition coefficient (Wildman–Crippen LogP) is 3.98. The van der Waals surface area contributed by atoms with Crippen LogP contribution in [-0.4, -0.2) is 54.2 Å². The number of H-pyrrole nitrogens is 1. The van der Waals surface area contributed by atoms with Crippen molar-refractivity contribution in [3.05, 3.63) is 77.7 Å². The van der Waals surface area contributed by atoms with Crippen LogP contribution in [0.3, 0.4) is 0 Å². The van der Waals surface area contributed by atoms with Gasteiger partial charge in [0.1, 0.15) is 5.82 Å². The van der Waals surface area contributed by atoms with E-state index in [1.807, 2.05) is 31.4 Å². The lowest BCUT2D eigenvalue weighted by Crippen LogP contribution is -2.38. The van der Waals surface area contributed by atoms with Crippen LogP contribution in [0.25, 0.3) is 11.3 Å². The summed E-state index contributed by atoms with van der Waals surface area (Å²) in [6.45, 7) is 3.55. The van der Waals surface area contributed by atoms with E-state index in [-0.39, 0.29) is 0 Å². The second kappa shape index (κ2) is 11.6. The highest BCUT2D eigenvalue weighted by Crippen LogP contribution is 2.17. The van der Waals surface area contributed by atoms with Crippen LogP contribution < -0.4 is 5.32 Å². The Hall–Kier alpha value is -3.16. The van der Waals surface area contributed by atoms with Crippen molar-refractivity contribution in [2.24, 2.45) is 4.99 Å². The van der Waals surface area contributed by atoms with E-state index in [2.05, 4.69) is 61.6 Å². The van der Waals surface area contributed by atoms with Crippen molar-refractivity contribution in [1.29, 1.82) is 0 Å². The van der Waals surface area contributed by atoms with Gasteiger partial charge in [0.25, 0.3) is 0 Å². The van der Waals surface area contributed by atoms with Gasteiger partial charge >= 0.3 is 0 Å². The summed E-state index contributed by atoms with van der Waals surface area (Å²) >= 11 is 0. The Labute approximate surface area is 195 Å². The predicted molar refractivity (Wildman–Crippen MR) is 131 cm³/mol. The molecule has 2 N–H and O–H groups in total. The highest BCUT2D eigenvalue weighted by atomic mass is 16.5. The Bertz CT molecular complexity index is 1030. The lowest BCUT2D eigenvalue weighted by molar-refractivity contribution is -0.0390. The third kappa shape index (κ3) is 6.66. The molecule has 3 aromatic rings. The zero-order valence-corrected chi connectivity index (χ0v) is 19.5. The molecular weight excluding hydrogens is 414 g/mol. The SMILES string of the molecule is CN=C(NCc1cccc(COC2CCOCC2)c1)N(C)Cc1ncc(-c2ccccc2)[nH]1. The number of hydrogen-bond acceptors (Lipinski definition) is 4. The molecular formula is C26H33N5O2. The fraction of sp³-hybridized carbons (Fsp3) is 0.385. The van der Waals surface area contributed by atoms with Crippen LogP contribution in [0.2, 0.25) is 0 Å². The standard InChI is InChI=1S/C26H33N5O2/c1-27-26(31(2)18-25-28-17-24(30-25)22-9-4-3-5-10-22)29-16-20-7-6-8-21(15-20)19-33-23-11-13-32-14-12-23/h3-10,15,17,23H,11-14,16,18-19H2,1-2H3,(H,27,29)(H,28,30). The second-order valence-electron chi connectivity index (χ2n) is 8.31. The maximum atomic E-state index is 6.07. The number of aliphatic imine (C=N–C) groups is 1. The molecule has 0 amide bonds. The van der Waals surface area contributed by atoms with Crippen LogP contribution in [0.4, 0.5) is 0 Å². The molecule has 0 bridgehead atoms. The number of aromatic amines is 1. The van der Waals surface area contributed by atoms with Gasteiger partial charge in [0.2, 0.25) is 0 Å². The van der Waals surface area contributed by atoms with Crippen LogP contribution in [0.15, 0.2) is 65.8 Å². The van der Waals surface area contributed by atoms with Crippen LogP contribution in [0.1, 0.15) is 29.8 Å². The largest absolute Gasteiger partial charge is 0.381 e. The second-order valence-corrected chi connectivity index (χ2v) is 8.31. The monoisotopic (exact) mass is 447 g/mol. The summed E-state index contributed by atoms with van der Waals surface area (Å²) in [4.78, 5) is 14.4. The van der Waals surface area contributed by atoms with Gasteiger partial charge in [-0.3, -0.25) is 4.99 Å².